The van der Waals surface area contributed by atoms with Gasteiger partial charge in [-0.2, -0.15) is 0 Å². The number of aliphatic hydroxyl groups excluding tert-OH is 10. The molecule has 3 rings (SSSR count). The van der Waals surface area contributed by atoms with E-state index in [0.717, 1.165) is 0 Å². The highest BCUT2D eigenvalue weighted by molar-refractivity contribution is 5.81. The topological polar surface area (TPSA) is 301 Å². The van der Waals surface area contributed by atoms with Crippen molar-refractivity contribution in [1.82, 2.24) is 0 Å². The van der Waals surface area contributed by atoms with Gasteiger partial charge in [-0.05, 0) is 12.8 Å². The summed E-state index contributed by atoms with van der Waals surface area (Å²) in [6.07, 6.45) is -23.8. The van der Waals surface area contributed by atoms with Crippen molar-refractivity contribution >= 4 is 11.6 Å². The summed E-state index contributed by atoms with van der Waals surface area (Å²) >= 11 is 0. The first kappa shape index (κ1) is 40.1. The van der Waals surface area contributed by atoms with Crippen molar-refractivity contribution in [1.29, 1.82) is 0 Å². The maximum Gasteiger partial charge on any atom is 0.187 e. The maximum atomic E-state index is 12.1. The van der Waals surface area contributed by atoms with Crippen molar-refractivity contribution in [3.63, 3.8) is 0 Å². The van der Waals surface area contributed by atoms with Gasteiger partial charge in [0.25, 0.3) is 0 Å². The third-order valence-electron chi connectivity index (χ3n) is 7.99. The third-order valence-corrected chi connectivity index (χ3v) is 7.99. The van der Waals surface area contributed by atoms with Crippen molar-refractivity contribution in [2.24, 2.45) is 0 Å². The monoisotopic (exact) mass is 688 g/mol. The van der Waals surface area contributed by atoms with Crippen molar-refractivity contribution in [2.45, 2.75) is 125 Å². The highest BCUT2D eigenvalue weighted by Gasteiger charge is 2.52. The number of Topliss-reactive ketones (excluding diaryl/α,β-unsaturated/α-hetero) is 2. The molecule has 0 saturated carbocycles. The molecule has 0 radical (unpaired) electrons. The Morgan fingerprint density at radius 1 is 0.596 bits per heavy atom. The molecule has 15 atom stereocenters. The number of rotatable bonds is 18. The minimum Gasteiger partial charge on any atom is -0.394 e. The quantitative estimate of drug-likeness (QED) is 0.0600. The van der Waals surface area contributed by atoms with E-state index in [2.05, 4.69) is 0 Å². The lowest BCUT2D eigenvalue weighted by molar-refractivity contribution is -0.366. The molecule has 19 heteroatoms. The Balaban J connectivity index is 1.66. The Hall–Kier alpha value is -1.34. The molecule has 3 saturated heterocycles. The fraction of sp³-hybridized carbons (Fsp3) is 0.929. The van der Waals surface area contributed by atoms with Crippen LogP contribution in [0.1, 0.15) is 32.6 Å². The van der Waals surface area contributed by atoms with Crippen molar-refractivity contribution in [3.05, 3.63) is 0 Å². The number of ketones is 2. The summed E-state index contributed by atoms with van der Waals surface area (Å²) in [4.78, 5) is 23.7. The van der Waals surface area contributed by atoms with E-state index in [1.807, 2.05) is 6.92 Å². The van der Waals surface area contributed by atoms with Gasteiger partial charge in [-0.15, -0.1) is 0 Å². The van der Waals surface area contributed by atoms with Crippen molar-refractivity contribution in [2.75, 3.05) is 39.6 Å². The van der Waals surface area contributed by atoms with E-state index in [0.29, 0.717) is 12.8 Å². The molecule has 0 unspecified atom stereocenters. The predicted molar refractivity (Wildman–Crippen MR) is 150 cm³/mol. The van der Waals surface area contributed by atoms with Gasteiger partial charge in [0.1, 0.15) is 86.5 Å². The van der Waals surface area contributed by atoms with Crippen LogP contribution >= 0.6 is 0 Å². The summed E-state index contributed by atoms with van der Waals surface area (Å²) in [5.41, 5.74) is 0. The van der Waals surface area contributed by atoms with Gasteiger partial charge < -0.3 is 84.2 Å². The van der Waals surface area contributed by atoms with Crippen LogP contribution in [0.2, 0.25) is 0 Å². The number of hydrogen-bond donors (Lipinski definition) is 10. The zero-order valence-electron chi connectivity index (χ0n) is 25.9. The summed E-state index contributed by atoms with van der Waals surface area (Å²) in [6, 6.07) is 0. The van der Waals surface area contributed by atoms with Gasteiger partial charge in [0.15, 0.2) is 30.4 Å². The summed E-state index contributed by atoms with van der Waals surface area (Å²) in [5.74, 6) is -0.437. The van der Waals surface area contributed by atoms with E-state index in [1.165, 1.54) is 0 Å². The average Bonchev–Trinajstić information content (AvgIpc) is 3.05. The van der Waals surface area contributed by atoms with Crippen molar-refractivity contribution < 1.29 is 93.8 Å². The van der Waals surface area contributed by atoms with E-state index in [-0.39, 0.29) is 44.2 Å². The number of aliphatic hydroxyl groups is 10. The van der Waals surface area contributed by atoms with Gasteiger partial charge in [-0.25, -0.2) is 0 Å². The molecule has 0 aromatic rings. The van der Waals surface area contributed by atoms with Gasteiger partial charge in [0.05, 0.1) is 26.4 Å². The first-order valence-electron chi connectivity index (χ1n) is 15.5. The molecule has 10 N–H and O–H groups in total. The van der Waals surface area contributed by atoms with Gasteiger partial charge in [0, 0.05) is 12.8 Å². The maximum absolute atomic E-state index is 12.1. The molecule has 0 aliphatic carbocycles. The second-order valence-electron chi connectivity index (χ2n) is 11.6. The lowest BCUT2D eigenvalue weighted by atomic mass is 9.96. The van der Waals surface area contributed by atoms with E-state index < -0.39 is 112 Å². The molecule has 0 amide bonds. The highest BCUT2D eigenvalue weighted by Crippen LogP contribution is 2.31. The lowest BCUT2D eigenvalue weighted by Crippen LogP contribution is -2.65. The zero-order valence-corrected chi connectivity index (χ0v) is 25.9. The Morgan fingerprint density at radius 2 is 1.11 bits per heavy atom. The SMILES string of the molecule is CCCC(=O)COCC(=O)CCCO[C@@H]1O[C@H](CO[C@H]2O[C@H](CO)[C@@H](O)[C@H](O)[C@@H]2O)[C@@H](O)[C@H](O[C@H]2O[C@H](CO)[C@@H](O)[C@H](O)[C@@H]2O)[C@@H]1O. The Bertz CT molecular complexity index is 953. The molecular formula is C28H48O19. The first-order chi connectivity index (χ1) is 22.3. The summed E-state index contributed by atoms with van der Waals surface area (Å²) in [7, 11) is 0. The van der Waals surface area contributed by atoms with E-state index in [4.69, 9.17) is 33.2 Å². The molecule has 0 aromatic heterocycles. The van der Waals surface area contributed by atoms with Crippen molar-refractivity contribution in [3.8, 4) is 0 Å². The van der Waals surface area contributed by atoms with Crippen LogP contribution in [0, 0.1) is 0 Å². The zero-order chi connectivity index (χ0) is 34.8. The van der Waals surface area contributed by atoms with Crippen LogP contribution in [0.25, 0.3) is 0 Å². The standard InChI is InChI=1S/C28H48O19/c1-2-4-12(31)9-41-10-13(32)5-3-6-42-27-24(40)25(47-28-23(39)21(37)18(34)15(8-30)45-28)19(35)16(46-27)11-43-26-22(38)20(36)17(33)14(7-29)44-26/h14-30,33-40H,2-11H2,1H3/t14-,15-,16-,17-,18-,19-,20+,21+,22+,23+,24+,25+,26+,27-,28-/m1/s1. The Morgan fingerprint density at radius 3 is 1.68 bits per heavy atom. The summed E-state index contributed by atoms with van der Waals surface area (Å²) < 4.78 is 38.2. The van der Waals surface area contributed by atoms with Crippen LogP contribution < -0.4 is 0 Å². The molecule has 3 aliphatic heterocycles. The minimum atomic E-state index is -1.89. The highest BCUT2D eigenvalue weighted by atomic mass is 16.7. The smallest absolute Gasteiger partial charge is 0.187 e. The predicted octanol–water partition coefficient (Wildman–Crippen LogP) is -5.81. The average molecular weight is 689 g/mol. The molecule has 274 valence electrons. The van der Waals surface area contributed by atoms with E-state index in [1.54, 1.807) is 0 Å². The van der Waals surface area contributed by atoms with Gasteiger partial charge >= 0.3 is 0 Å². The fourth-order valence-corrected chi connectivity index (χ4v) is 5.24. The van der Waals surface area contributed by atoms with E-state index in [9.17, 15) is 60.7 Å². The molecule has 0 bridgehead atoms. The lowest BCUT2D eigenvalue weighted by Gasteiger charge is -2.46. The number of carbonyl (C=O) groups is 2. The number of hydrogen-bond acceptors (Lipinski definition) is 19. The van der Waals surface area contributed by atoms with Crippen LogP contribution in [0.4, 0.5) is 0 Å². The van der Waals surface area contributed by atoms with Gasteiger partial charge in [-0.3, -0.25) is 9.59 Å². The second-order valence-corrected chi connectivity index (χ2v) is 11.6. The molecule has 3 aliphatic rings. The van der Waals surface area contributed by atoms with Crippen LogP contribution in [0.3, 0.4) is 0 Å². The first-order valence-corrected chi connectivity index (χ1v) is 15.5. The van der Waals surface area contributed by atoms with E-state index >= 15 is 0 Å². The Labute approximate surface area is 270 Å². The van der Waals surface area contributed by atoms with Crippen LogP contribution in [-0.2, 0) is 42.7 Å². The largest absolute Gasteiger partial charge is 0.394 e. The summed E-state index contributed by atoms with van der Waals surface area (Å²) in [6.45, 7) is -0.891. The van der Waals surface area contributed by atoms with Gasteiger partial charge in [0.2, 0.25) is 0 Å². The normalized spacial score (nSPS) is 41.1. The molecule has 0 aromatic carbocycles. The van der Waals surface area contributed by atoms with Gasteiger partial charge in [-0.1, -0.05) is 6.92 Å². The minimum absolute atomic E-state index is 0.0120. The molecule has 3 fully saturated rings. The fourth-order valence-electron chi connectivity index (χ4n) is 5.24. The molecular weight excluding hydrogens is 640 g/mol. The summed E-state index contributed by atoms with van der Waals surface area (Å²) in [5, 5.41) is 102. The molecule has 47 heavy (non-hydrogen) atoms. The molecule has 3 heterocycles. The second kappa shape index (κ2) is 19.2. The van der Waals surface area contributed by atoms with Crippen LogP contribution in [0.15, 0.2) is 0 Å². The molecule has 19 nitrogen and oxygen atoms in total. The number of ether oxygens (including phenoxy) is 7. The van der Waals surface area contributed by atoms with Crippen LogP contribution in [0.5, 0.6) is 0 Å². The molecule has 0 spiro atoms. The third kappa shape index (κ3) is 10.6. The Kier molecular flexibility index (Phi) is 16.3. The number of carbonyl (C=O) groups excluding carboxylic acids is 2. The van der Waals surface area contributed by atoms with Crippen LogP contribution in [-0.4, -0.2) is 194 Å².